The molecule has 0 bridgehead atoms. The number of guanidine groups is 1. The average molecular weight is 350 g/mol. The van der Waals surface area contributed by atoms with Gasteiger partial charge in [0.1, 0.15) is 0 Å². The molecule has 0 aromatic carbocycles. The SMILES string of the molecule is C/C=C/C=C\S.C=C(CN1CCCC1)NC1=NCC=NN1C(C)=O. The van der Waals surface area contributed by atoms with Crippen LogP contribution in [0.2, 0.25) is 0 Å². The van der Waals surface area contributed by atoms with Gasteiger partial charge < -0.3 is 5.32 Å². The molecule has 132 valence electrons. The van der Waals surface area contributed by atoms with Crippen LogP contribution < -0.4 is 5.32 Å². The van der Waals surface area contributed by atoms with E-state index >= 15 is 0 Å². The van der Waals surface area contributed by atoms with Crippen molar-refractivity contribution in [3.05, 3.63) is 35.9 Å². The summed E-state index contributed by atoms with van der Waals surface area (Å²) in [4.78, 5) is 17.9. The van der Waals surface area contributed by atoms with Crippen molar-refractivity contribution in [2.75, 3.05) is 26.2 Å². The first kappa shape index (κ1) is 20.2. The number of nitrogens with zero attached hydrogens (tertiary/aromatic N) is 4. The van der Waals surface area contributed by atoms with Crippen molar-refractivity contribution in [1.29, 1.82) is 0 Å². The Morgan fingerprint density at radius 3 is 2.67 bits per heavy atom. The Labute approximate surface area is 150 Å². The third kappa shape index (κ3) is 7.61. The maximum Gasteiger partial charge on any atom is 0.246 e. The van der Waals surface area contributed by atoms with Crippen molar-refractivity contribution in [3.8, 4) is 0 Å². The minimum atomic E-state index is -0.161. The molecule has 1 saturated heterocycles. The molecule has 1 amide bonds. The second-order valence-corrected chi connectivity index (χ2v) is 5.67. The molecule has 0 saturated carbocycles. The average Bonchev–Trinajstić information content (AvgIpc) is 3.06. The first-order valence-corrected chi connectivity index (χ1v) is 8.57. The second kappa shape index (κ2) is 11.6. The highest BCUT2D eigenvalue weighted by atomic mass is 32.1. The van der Waals surface area contributed by atoms with Crippen LogP contribution in [0.15, 0.2) is 46.0 Å². The van der Waals surface area contributed by atoms with E-state index in [2.05, 4.69) is 39.5 Å². The van der Waals surface area contributed by atoms with E-state index in [9.17, 15) is 4.79 Å². The van der Waals surface area contributed by atoms with Gasteiger partial charge in [0.05, 0.1) is 6.54 Å². The molecule has 1 N–H and O–H groups in total. The quantitative estimate of drug-likeness (QED) is 0.605. The van der Waals surface area contributed by atoms with Crippen LogP contribution in [-0.2, 0) is 4.79 Å². The Kier molecular flexibility index (Phi) is 9.79. The van der Waals surface area contributed by atoms with Gasteiger partial charge in [-0.1, -0.05) is 24.8 Å². The number of rotatable bonds is 4. The van der Waals surface area contributed by atoms with Crippen molar-refractivity contribution >= 4 is 30.7 Å². The van der Waals surface area contributed by atoms with Crippen LogP contribution >= 0.6 is 12.6 Å². The van der Waals surface area contributed by atoms with Crippen LogP contribution in [-0.4, -0.2) is 54.2 Å². The monoisotopic (exact) mass is 349 g/mol. The molecular formula is C17H27N5OS. The Morgan fingerprint density at radius 2 is 2.12 bits per heavy atom. The number of nitrogens with one attached hydrogen (secondary N) is 1. The maximum absolute atomic E-state index is 11.4. The predicted molar refractivity (Wildman–Crippen MR) is 104 cm³/mol. The van der Waals surface area contributed by atoms with Gasteiger partial charge in [0.15, 0.2) is 0 Å². The fourth-order valence-electron chi connectivity index (χ4n) is 2.26. The van der Waals surface area contributed by atoms with Crippen molar-refractivity contribution in [1.82, 2.24) is 15.2 Å². The van der Waals surface area contributed by atoms with Gasteiger partial charge in [-0.05, 0) is 38.3 Å². The topological polar surface area (TPSA) is 60.3 Å². The number of hydrogen-bond acceptors (Lipinski definition) is 6. The lowest BCUT2D eigenvalue weighted by molar-refractivity contribution is -0.125. The summed E-state index contributed by atoms with van der Waals surface area (Å²) >= 11 is 3.82. The van der Waals surface area contributed by atoms with Crippen LogP contribution in [0.5, 0.6) is 0 Å². The molecule has 2 heterocycles. The molecule has 7 heteroatoms. The fraction of sp³-hybridized carbons (Fsp3) is 0.471. The number of likely N-dealkylation sites (tertiary alicyclic amines) is 1. The van der Waals surface area contributed by atoms with Crippen molar-refractivity contribution in [2.24, 2.45) is 10.1 Å². The molecule has 0 aliphatic carbocycles. The zero-order valence-electron chi connectivity index (χ0n) is 14.5. The molecule has 0 aromatic heterocycles. The first-order valence-electron chi connectivity index (χ1n) is 8.05. The number of amides is 1. The maximum atomic E-state index is 11.4. The van der Waals surface area contributed by atoms with Gasteiger partial charge in [-0.25, -0.2) is 4.99 Å². The number of thiol groups is 1. The molecule has 6 nitrogen and oxygen atoms in total. The Bertz CT molecular complexity index is 523. The van der Waals surface area contributed by atoms with Gasteiger partial charge in [-0.2, -0.15) is 22.7 Å². The van der Waals surface area contributed by atoms with Crippen LogP contribution in [0.3, 0.4) is 0 Å². The van der Waals surface area contributed by atoms with Crippen molar-refractivity contribution < 1.29 is 4.79 Å². The summed E-state index contributed by atoms with van der Waals surface area (Å²) in [7, 11) is 0. The molecule has 0 radical (unpaired) electrons. The standard InChI is InChI=1S/C12H19N5O.C5H8S/c1-10(9-16-7-3-4-8-16)15-12-13-5-6-14-17(12)11(2)18;1-2-3-4-5-6/h6H,1,3-5,7-9H2,2H3,(H,13,15);2-6H,1H3/b;3-2+,5-4-. The summed E-state index contributed by atoms with van der Waals surface area (Å²) in [5, 5.41) is 10.0. The van der Waals surface area contributed by atoms with Gasteiger partial charge in [-0.15, -0.1) is 0 Å². The zero-order valence-corrected chi connectivity index (χ0v) is 15.4. The normalized spacial score (nSPS) is 17.8. The van der Waals surface area contributed by atoms with Crippen LogP contribution in [0.4, 0.5) is 0 Å². The Hall–Kier alpha value is -1.86. The summed E-state index contributed by atoms with van der Waals surface area (Å²) in [5.74, 6) is 0.306. The van der Waals surface area contributed by atoms with Crippen LogP contribution in [0.25, 0.3) is 0 Å². The lowest BCUT2D eigenvalue weighted by Gasteiger charge is -2.23. The third-order valence-corrected chi connectivity index (χ3v) is 3.48. The molecule has 0 unspecified atom stereocenters. The molecular weight excluding hydrogens is 322 g/mol. The minimum absolute atomic E-state index is 0.161. The van der Waals surface area contributed by atoms with Gasteiger partial charge >= 0.3 is 0 Å². The molecule has 24 heavy (non-hydrogen) atoms. The largest absolute Gasteiger partial charge is 0.327 e. The van der Waals surface area contributed by atoms with E-state index in [1.807, 2.05) is 25.2 Å². The highest BCUT2D eigenvalue weighted by molar-refractivity contribution is 7.83. The number of allylic oxidation sites excluding steroid dienone is 3. The highest BCUT2D eigenvalue weighted by Crippen LogP contribution is 2.08. The molecule has 1 fully saturated rings. The number of carbonyl (C=O) groups excluding carboxylic acids is 1. The van der Waals surface area contributed by atoms with Crippen molar-refractivity contribution in [3.63, 3.8) is 0 Å². The molecule has 2 aliphatic rings. The molecule has 2 aliphatic heterocycles. The van der Waals surface area contributed by atoms with E-state index in [1.54, 1.807) is 11.6 Å². The summed E-state index contributed by atoms with van der Waals surface area (Å²) in [5.41, 5.74) is 0.846. The Morgan fingerprint density at radius 1 is 1.42 bits per heavy atom. The van der Waals surface area contributed by atoms with E-state index in [-0.39, 0.29) is 5.91 Å². The number of carbonyl (C=O) groups is 1. The predicted octanol–water partition coefficient (Wildman–Crippen LogP) is 2.40. The van der Waals surface area contributed by atoms with E-state index in [1.165, 1.54) is 24.8 Å². The van der Waals surface area contributed by atoms with Crippen LogP contribution in [0, 0.1) is 0 Å². The van der Waals surface area contributed by atoms with Crippen LogP contribution in [0.1, 0.15) is 26.7 Å². The lowest BCUT2D eigenvalue weighted by Crippen LogP contribution is -2.43. The van der Waals surface area contributed by atoms with E-state index in [4.69, 9.17) is 0 Å². The minimum Gasteiger partial charge on any atom is -0.327 e. The van der Waals surface area contributed by atoms with Gasteiger partial charge in [0, 0.05) is 25.4 Å². The number of aliphatic imine (C=N–C) groups is 1. The summed E-state index contributed by atoms with van der Waals surface area (Å²) < 4.78 is 0. The smallest absolute Gasteiger partial charge is 0.246 e. The highest BCUT2D eigenvalue weighted by Gasteiger charge is 2.19. The summed E-state index contributed by atoms with van der Waals surface area (Å²) in [6, 6.07) is 0. The second-order valence-electron chi connectivity index (χ2n) is 5.37. The lowest BCUT2D eigenvalue weighted by atomic mass is 10.4. The molecule has 0 spiro atoms. The van der Waals surface area contributed by atoms with Gasteiger partial charge in [0.2, 0.25) is 11.9 Å². The van der Waals surface area contributed by atoms with Gasteiger partial charge in [0.25, 0.3) is 0 Å². The Balaban J connectivity index is 0.000000413. The molecule has 0 aromatic rings. The van der Waals surface area contributed by atoms with E-state index in [0.29, 0.717) is 12.5 Å². The number of hydrogen-bond donors (Lipinski definition) is 2. The fourth-order valence-corrected chi connectivity index (χ4v) is 2.36. The number of hydrazone groups is 1. The molecule has 0 atom stereocenters. The molecule has 2 rings (SSSR count). The first-order chi connectivity index (χ1) is 11.6. The van der Waals surface area contributed by atoms with E-state index < -0.39 is 0 Å². The third-order valence-electron chi connectivity index (χ3n) is 3.31. The summed E-state index contributed by atoms with van der Waals surface area (Å²) in [6.07, 6.45) is 9.84. The summed E-state index contributed by atoms with van der Waals surface area (Å²) in [6.45, 7) is 10.9. The van der Waals surface area contributed by atoms with Crippen molar-refractivity contribution in [2.45, 2.75) is 26.7 Å². The van der Waals surface area contributed by atoms with Gasteiger partial charge in [-0.3, -0.25) is 9.69 Å². The van der Waals surface area contributed by atoms with E-state index in [0.717, 1.165) is 25.3 Å². The zero-order chi connectivity index (χ0) is 17.8.